The molecule has 1 aliphatic heterocycles. The summed E-state index contributed by atoms with van der Waals surface area (Å²) in [7, 11) is 3.33. The summed E-state index contributed by atoms with van der Waals surface area (Å²) in [5.74, 6) is -0.300. The van der Waals surface area contributed by atoms with Crippen LogP contribution in [0.2, 0.25) is 0 Å². The summed E-state index contributed by atoms with van der Waals surface area (Å²) in [4.78, 5) is 42.4. The van der Waals surface area contributed by atoms with Crippen LogP contribution in [0, 0.1) is 0 Å². The molecule has 3 heterocycles. The van der Waals surface area contributed by atoms with E-state index >= 15 is 0 Å². The highest BCUT2D eigenvalue weighted by atomic mass is 19.4. The zero-order chi connectivity index (χ0) is 30.8. The molecule has 12 nitrogen and oxygen atoms in total. The Hall–Kier alpha value is -4.82. The van der Waals surface area contributed by atoms with Gasteiger partial charge in [0.15, 0.2) is 23.8 Å². The predicted octanol–water partition coefficient (Wildman–Crippen LogP) is 3.89. The van der Waals surface area contributed by atoms with Crippen molar-refractivity contribution in [2.24, 2.45) is 0 Å². The number of nitrogen functional groups attached to an aromatic ring is 1. The molecule has 2 aromatic heterocycles. The van der Waals surface area contributed by atoms with Gasteiger partial charge >= 0.3 is 6.18 Å². The molecule has 0 saturated heterocycles. The lowest BCUT2D eigenvalue weighted by molar-refractivity contribution is -0.154. The second-order valence-electron chi connectivity index (χ2n) is 10.1. The van der Waals surface area contributed by atoms with E-state index in [1.807, 2.05) is 0 Å². The number of ether oxygens (including phenoxy) is 2. The quantitative estimate of drug-likeness (QED) is 0.354. The van der Waals surface area contributed by atoms with E-state index in [0.29, 0.717) is 30.3 Å². The van der Waals surface area contributed by atoms with E-state index in [-0.39, 0.29) is 35.0 Å². The minimum atomic E-state index is -4.62. The fourth-order valence-corrected chi connectivity index (χ4v) is 3.93. The standard InChI is InChI=1S/C27H31F3N8O4/c1-16(39)36(4)11-12-37(5)21-10-9-19(23(34-21)41-15-27(28,29)30)33-25-32-14-20-22(35-25)38(24(40)26(2,3)42-20)18-8-6-7-17(31)13-18/h6-10,13-14H,11-12,15,31H2,1-5H3,(H,32,33,35). The van der Waals surface area contributed by atoms with Crippen molar-refractivity contribution in [1.29, 1.82) is 0 Å². The number of hydrogen-bond acceptors (Lipinski definition) is 10. The first kappa shape index (κ1) is 30.1. The molecule has 0 fully saturated rings. The Morgan fingerprint density at radius 3 is 2.57 bits per heavy atom. The Morgan fingerprint density at radius 2 is 1.90 bits per heavy atom. The molecule has 0 aliphatic carbocycles. The van der Waals surface area contributed by atoms with Gasteiger partial charge in [-0.15, -0.1) is 0 Å². The molecular formula is C27H31F3N8O4. The number of fused-ring (bicyclic) bond motifs is 1. The monoisotopic (exact) mass is 588 g/mol. The van der Waals surface area contributed by atoms with E-state index in [1.165, 1.54) is 29.0 Å². The first-order chi connectivity index (χ1) is 19.6. The van der Waals surface area contributed by atoms with Crippen LogP contribution in [0.3, 0.4) is 0 Å². The molecule has 224 valence electrons. The van der Waals surface area contributed by atoms with Gasteiger partial charge in [-0.05, 0) is 44.2 Å². The van der Waals surface area contributed by atoms with Crippen molar-refractivity contribution < 1.29 is 32.2 Å². The Labute approximate surface area is 240 Å². The van der Waals surface area contributed by atoms with Gasteiger partial charge in [0.25, 0.3) is 5.91 Å². The van der Waals surface area contributed by atoms with Crippen molar-refractivity contribution in [3.05, 3.63) is 42.6 Å². The van der Waals surface area contributed by atoms with Crippen LogP contribution in [0.4, 0.5) is 47.8 Å². The maximum Gasteiger partial charge on any atom is 0.422 e. The SMILES string of the molecule is CC(=O)N(C)CCN(C)c1ccc(Nc2ncc3c(n2)N(c2cccc(N)c2)C(=O)C(C)(C)O3)c(OCC(F)(F)F)n1. The number of nitrogens with zero attached hydrogens (tertiary/aromatic N) is 6. The highest BCUT2D eigenvalue weighted by molar-refractivity contribution is 6.07. The fraction of sp³-hybridized carbons (Fsp3) is 0.370. The normalized spacial score (nSPS) is 14.1. The zero-order valence-electron chi connectivity index (χ0n) is 23.7. The van der Waals surface area contributed by atoms with Gasteiger partial charge in [-0.3, -0.25) is 14.5 Å². The van der Waals surface area contributed by atoms with Crippen LogP contribution in [0.1, 0.15) is 20.8 Å². The number of benzene rings is 1. The number of hydrogen-bond donors (Lipinski definition) is 2. The molecule has 0 bridgehead atoms. The molecule has 3 aromatic rings. The second kappa shape index (κ2) is 11.6. The maximum absolute atomic E-state index is 13.4. The van der Waals surface area contributed by atoms with E-state index in [2.05, 4.69) is 20.3 Å². The molecule has 0 radical (unpaired) electrons. The van der Waals surface area contributed by atoms with Gasteiger partial charge < -0.3 is 30.3 Å². The minimum absolute atomic E-state index is 0.0519. The van der Waals surface area contributed by atoms with Crippen LogP contribution >= 0.6 is 0 Å². The number of carbonyl (C=O) groups excluding carboxylic acids is 2. The molecule has 1 aliphatic rings. The molecule has 1 aromatic carbocycles. The number of halogens is 3. The lowest BCUT2D eigenvalue weighted by atomic mass is 10.0. The molecule has 2 amide bonds. The number of aromatic nitrogens is 3. The Morgan fingerprint density at radius 1 is 1.17 bits per heavy atom. The summed E-state index contributed by atoms with van der Waals surface area (Å²) in [5, 5.41) is 2.84. The van der Waals surface area contributed by atoms with Crippen LogP contribution in [-0.2, 0) is 9.59 Å². The van der Waals surface area contributed by atoms with Gasteiger partial charge in [0, 0.05) is 39.8 Å². The number of nitrogens with two attached hydrogens (primary N) is 1. The van der Waals surface area contributed by atoms with Crippen LogP contribution in [0.15, 0.2) is 42.6 Å². The highest BCUT2D eigenvalue weighted by Gasteiger charge is 2.43. The molecular weight excluding hydrogens is 557 g/mol. The molecule has 0 spiro atoms. The van der Waals surface area contributed by atoms with E-state index in [9.17, 15) is 22.8 Å². The molecule has 0 atom stereocenters. The van der Waals surface area contributed by atoms with Crippen molar-refractivity contribution in [2.45, 2.75) is 32.5 Å². The molecule has 0 unspecified atom stereocenters. The predicted molar refractivity (Wildman–Crippen MR) is 150 cm³/mol. The molecule has 42 heavy (non-hydrogen) atoms. The number of anilines is 6. The van der Waals surface area contributed by atoms with Gasteiger partial charge in [0.1, 0.15) is 11.5 Å². The molecule has 3 N–H and O–H groups in total. The van der Waals surface area contributed by atoms with Gasteiger partial charge in [-0.25, -0.2) is 4.98 Å². The third kappa shape index (κ3) is 6.90. The van der Waals surface area contributed by atoms with Crippen LogP contribution in [0.25, 0.3) is 0 Å². The topological polar surface area (TPSA) is 139 Å². The zero-order valence-corrected chi connectivity index (χ0v) is 23.7. The van der Waals surface area contributed by atoms with Gasteiger partial charge in [-0.1, -0.05) is 6.07 Å². The number of pyridine rings is 1. The summed E-state index contributed by atoms with van der Waals surface area (Å²) in [6.45, 7) is 3.80. The van der Waals surface area contributed by atoms with E-state index in [4.69, 9.17) is 15.2 Å². The summed E-state index contributed by atoms with van der Waals surface area (Å²) >= 11 is 0. The summed E-state index contributed by atoms with van der Waals surface area (Å²) < 4.78 is 50.1. The third-order valence-electron chi connectivity index (χ3n) is 6.32. The first-order valence-electron chi connectivity index (χ1n) is 12.8. The molecule has 0 saturated carbocycles. The Balaban J connectivity index is 1.67. The smallest absolute Gasteiger partial charge is 0.422 e. The fourth-order valence-electron chi connectivity index (χ4n) is 3.93. The van der Waals surface area contributed by atoms with Gasteiger partial charge in [0.2, 0.25) is 17.7 Å². The van der Waals surface area contributed by atoms with Crippen molar-refractivity contribution >= 4 is 46.5 Å². The van der Waals surface area contributed by atoms with Crippen molar-refractivity contribution in [3.63, 3.8) is 0 Å². The van der Waals surface area contributed by atoms with Crippen LogP contribution in [-0.4, -0.2) is 77.2 Å². The first-order valence-corrected chi connectivity index (χ1v) is 12.8. The summed E-state index contributed by atoms with van der Waals surface area (Å²) in [6.07, 6.45) is -3.26. The number of rotatable bonds is 9. The summed E-state index contributed by atoms with van der Waals surface area (Å²) in [6, 6.07) is 9.70. The van der Waals surface area contributed by atoms with E-state index < -0.39 is 24.3 Å². The number of likely N-dealkylation sites (N-methyl/N-ethyl adjacent to an activating group) is 2. The van der Waals surface area contributed by atoms with Crippen LogP contribution in [0.5, 0.6) is 11.6 Å². The van der Waals surface area contributed by atoms with E-state index in [0.717, 1.165) is 0 Å². The average Bonchev–Trinajstić information content (AvgIpc) is 2.91. The summed E-state index contributed by atoms with van der Waals surface area (Å²) in [5.41, 5.74) is 5.64. The second-order valence-corrected chi connectivity index (χ2v) is 10.1. The highest BCUT2D eigenvalue weighted by Crippen LogP contribution is 2.41. The van der Waals surface area contributed by atoms with Gasteiger partial charge in [0.05, 0.1) is 11.9 Å². The molecule has 4 rings (SSSR count). The van der Waals surface area contributed by atoms with Crippen LogP contribution < -0.4 is 30.3 Å². The van der Waals surface area contributed by atoms with E-state index in [1.54, 1.807) is 63.2 Å². The molecule has 15 heteroatoms. The number of amides is 2. The van der Waals surface area contributed by atoms with Crippen molar-refractivity contribution in [2.75, 3.05) is 54.6 Å². The Bertz CT molecular complexity index is 1480. The van der Waals surface area contributed by atoms with Gasteiger partial charge in [-0.2, -0.15) is 23.1 Å². The number of nitrogens with one attached hydrogen (secondary N) is 1. The van der Waals surface area contributed by atoms with Crippen molar-refractivity contribution in [3.8, 4) is 11.6 Å². The average molecular weight is 589 g/mol. The Kier molecular flexibility index (Phi) is 8.31. The number of alkyl halides is 3. The third-order valence-corrected chi connectivity index (χ3v) is 6.32. The lowest BCUT2D eigenvalue weighted by Gasteiger charge is -2.37. The number of carbonyl (C=O) groups is 2. The maximum atomic E-state index is 13.4. The van der Waals surface area contributed by atoms with Crippen molar-refractivity contribution in [1.82, 2.24) is 19.9 Å². The lowest BCUT2D eigenvalue weighted by Crippen LogP contribution is -2.51. The minimum Gasteiger partial charge on any atom is -0.472 e. The largest absolute Gasteiger partial charge is 0.472 e.